The SMILES string of the molecule is NC(=O)c1c(NC(=O)c2ccccc2C(=O)Nc2sc3c(c2C(N)=O)CCCCC3)sc2c1CCCCC2. The van der Waals surface area contributed by atoms with Crippen LogP contribution in [0.1, 0.15) is 101 Å². The number of nitrogens with two attached hydrogens (primary N) is 2. The number of hydrogen-bond donors (Lipinski definition) is 4. The number of fused-ring (bicyclic) bond motifs is 2. The minimum atomic E-state index is -0.567. The summed E-state index contributed by atoms with van der Waals surface area (Å²) >= 11 is 2.77. The number of aryl methyl sites for hydroxylation is 2. The average Bonchev–Trinajstić information content (AvgIpc) is 3.18. The molecule has 0 atom stereocenters. The van der Waals surface area contributed by atoms with Gasteiger partial charge in [0.25, 0.3) is 23.6 Å². The highest BCUT2D eigenvalue weighted by Crippen LogP contribution is 2.39. The lowest BCUT2D eigenvalue weighted by Crippen LogP contribution is -2.22. The van der Waals surface area contributed by atoms with E-state index < -0.39 is 23.6 Å². The number of hydrogen-bond acceptors (Lipinski definition) is 6. The Bertz CT molecular complexity index is 1330. The number of thiophene rings is 2. The summed E-state index contributed by atoms with van der Waals surface area (Å²) in [4.78, 5) is 53.6. The van der Waals surface area contributed by atoms with Crippen molar-refractivity contribution in [1.82, 2.24) is 0 Å². The summed E-state index contributed by atoms with van der Waals surface area (Å²) in [6.07, 6.45) is 9.40. The van der Waals surface area contributed by atoms with Crippen molar-refractivity contribution in [2.24, 2.45) is 11.5 Å². The molecule has 0 aliphatic heterocycles. The Morgan fingerprint density at radius 2 is 1.00 bits per heavy atom. The second-order valence-corrected chi connectivity index (χ2v) is 11.9. The molecule has 198 valence electrons. The van der Waals surface area contributed by atoms with Gasteiger partial charge in [-0.15, -0.1) is 22.7 Å². The second-order valence-electron chi connectivity index (χ2n) is 9.72. The molecule has 3 aromatic rings. The molecule has 0 fully saturated rings. The zero-order valence-corrected chi connectivity index (χ0v) is 22.6. The zero-order valence-electron chi connectivity index (χ0n) is 21.0. The van der Waals surface area contributed by atoms with Gasteiger partial charge in [-0.05, 0) is 74.6 Å². The fraction of sp³-hybridized carbons (Fsp3) is 0.357. The molecular weight excluding hydrogens is 520 g/mol. The van der Waals surface area contributed by atoms with E-state index >= 15 is 0 Å². The quantitative estimate of drug-likeness (QED) is 0.318. The first kappa shape index (κ1) is 26.1. The van der Waals surface area contributed by atoms with Gasteiger partial charge in [0.05, 0.1) is 22.3 Å². The molecule has 2 heterocycles. The van der Waals surface area contributed by atoms with Crippen molar-refractivity contribution in [2.75, 3.05) is 10.6 Å². The van der Waals surface area contributed by atoms with E-state index in [0.717, 1.165) is 85.1 Å². The molecule has 5 rings (SSSR count). The van der Waals surface area contributed by atoms with Gasteiger partial charge in [0, 0.05) is 9.75 Å². The first-order valence-corrected chi connectivity index (χ1v) is 14.6. The lowest BCUT2D eigenvalue weighted by atomic mass is 10.0. The number of carbonyl (C=O) groups excluding carboxylic acids is 4. The summed E-state index contributed by atoms with van der Waals surface area (Å²) < 4.78 is 0. The van der Waals surface area contributed by atoms with E-state index in [9.17, 15) is 19.2 Å². The summed E-state index contributed by atoms with van der Waals surface area (Å²) in [6.45, 7) is 0. The third kappa shape index (κ3) is 5.10. The Hall–Kier alpha value is -3.50. The average molecular weight is 551 g/mol. The monoisotopic (exact) mass is 550 g/mol. The summed E-state index contributed by atoms with van der Waals surface area (Å²) in [7, 11) is 0. The summed E-state index contributed by atoms with van der Waals surface area (Å²) in [6, 6.07) is 6.47. The number of carbonyl (C=O) groups is 4. The van der Waals surface area contributed by atoms with Crippen LogP contribution >= 0.6 is 22.7 Å². The maximum absolute atomic E-state index is 13.4. The van der Waals surface area contributed by atoms with Gasteiger partial charge in [0.1, 0.15) is 10.0 Å². The third-order valence-electron chi connectivity index (χ3n) is 7.21. The van der Waals surface area contributed by atoms with Gasteiger partial charge in [-0.1, -0.05) is 25.0 Å². The van der Waals surface area contributed by atoms with Crippen molar-refractivity contribution in [3.05, 3.63) is 67.4 Å². The molecule has 0 spiro atoms. The maximum Gasteiger partial charge on any atom is 0.257 e. The van der Waals surface area contributed by atoms with Crippen molar-refractivity contribution in [1.29, 1.82) is 0 Å². The van der Waals surface area contributed by atoms with Crippen molar-refractivity contribution < 1.29 is 19.2 Å². The van der Waals surface area contributed by atoms with Crippen molar-refractivity contribution >= 4 is 56.3 Å². The minimum absolute atomic E-state index is 0.155. The number of benzene rings is 1. The molecule has 0 saturated heterocycles. The molecule has 1 aromatic carbocycles. The smallest absolute Gasteiger partial charge is 0.257 e. The van der Waals surface area contributed by atoms with Crippen LogP contribution in [-0.4, -0.2) is 23.6 Å². The Labute approximate surface area is 228 Å². The Kier molecular flexibility index (Phi) is 7.62. The summed E-state index contributed by atoms with van der Waals surface area (Å²) in [5, 5.41) is 6.54. The van der Waals surface area contributed by atoms with E-state index in [-0.39, 0.29) is 11.1 Å². The molecule has 0 saturated carbocycles. The normalized spacial score (nSPS) is 14.9. The minimum Gasteiger partial charge on any atom is -0.365 e. The lowest BCUT2D eigenvalue weighted by molar-refractivity contribution is 0.0984. The molecule has 0 bridgehead atoms. The molecule has 2 aromatic heterocycles. The fourth-order valence-corrected chi connectivity index (χ4v) is 7.98. The van der Waals surface area contributed by atoms with Crippen LogP contribution in [0.4, 0.5) is 10.0 Å². The molecule has 8 nitrogen and oxygen atoms in total. The molecular formula is C28H30N4O4S2. The van der Waals surface area contributed by atoms with Gasteiger partial charge in [-0.3, -0.25) is 19.2 Å². The Morgan fingerprint density at radius 3 is 1.39 bits per heavy atom. The summed E-state index contributed by atoms with van der Waals surface area (Å²) in [5.74, 6) is -2.15. The van der Waals surface area contributed by atoms with Crippen LogP contribution in [0, 0.1) is 0 Å². The van der Waals surface area contributed by atoms with Crippen LogP contribution in [-0.2, 0) is 25.7 Å². The van der Waals surface area contributed by atoms with Gasteiger partial charge in [-0.2, -0.15) is 0 Å². The molecule has 38 heavy (non-hydrogen) atoms. The molecule has 6 N–H and O–H groups in total. The predicted molar refractivity (Wildman–Crippen MR) is 151 cm³/mol. The Morgan fingerprint density at radius 1 is 0.605 bits per heavy atom. The van der Waals surface area contributed by atoms with E-state index in [2.05, 4.69) is 10.6 Å². The van der Waals surface area contributed by atoms with E-state index in [1.807, 2.05) is 0 Å². The summed E-state index contributed by atoms with van der Waals surface area (Å²) in [5.41, 5.74) is 14.3. The van der Waals surface area contributed by atoms with Crippen molar-refractivity contribution in [2.45, 2.75) is 64.2 Å². The molecule has 2 aliphatic rings. The van der Waals surface area contributed by atoms with Gasteiger partial charge in [-0.25, -0.2) is 0 Å². The van der Waals surface area contributed by atoms with Crippen LogP contribution in [0.15, 0.2) is 24.3 Å². The molecule has 0 radical (unpaired) electrons. The van der Waals surface area contributed by atoms with Crippen molar-refractivity contribution in [3.8, 4) is 0 Å². The predicted octanol–water partition coefficient (Wildman–Crippen LogP) is 5.05. The molecule has 10 heteroatoms. The van der Waals surface area contributed by atoms with Crippen LogP contribution in [0.3, 0.4) is 0 Å². The highest BCUT2D eigenvalue weighted by Gasteiger charge is 2.28. The van der Waals surface area contributed by atoms with Gasteiger partial charge < -0.3 is 22.1 Å². The topological polar surface area (TPSA) is 144 Å². The Balaban J connectivity index is 1.43. The first-order chi connectivity index (χ1) is 18.3. The molecule has 4 amide bonds. The lowest BCUT2D eigenvalue weighted by Gasteiger charge is -2.11. The largest absolute Gasteiger partial charge is 0.365 e. The number of anilines is 2. The van der Waals surface area contributed by atoms with E-state index in [1.165, 1.54) is 22.7 Å². The number of amides is 4. The van der Waals surface area contributed by atoms with E-state index in [1.54, 1.807) is 24.3 Å². The van der Waals surface area contributed by atoms with Crippen LogP contribution in [0.2, 0.25) is 0 Å². The number of primary amides is 2. The third-order valence-corrected chi connectivity index (χ3v) is 9.62. The van der Waals surface area contributed by atoms with Crippen molar-refractivity contribution in [3.63, 3.8) is 0 Å². The van der Waals surface area contributed by atoms with Gasteiger partial charge >= 0.3 is 0 Å². The van der Waals surface area contributed by atoms with E-state index in [0.29, 0.717) is 21.1 Å². The fourth-order valence-electron chi connectivity index (χ4n) is 5.40. The van der Waals surface area contributed by atoms with Crippen LogP contribution < -0.4 is 22.1 Å². The standard InChI is InChI=1S/C28H30N4O4S2/c29-23(33)21-17-11-3-1-5-13-19(17)37-27(21)31-25(35)15-9-7-8-10-16(15)26(36)32-28-22(24(30)34)18-12-4-2-6-14-20(18)38-28/h7-10H,1-6,11-14H2,(H2,29,33)(H2,30,34)(H,31,35)(H,32,36). The zero-order chi connectivity index (χ0) is 26.8. The second kappa shape index (κ2) is 11.1. The van der Waals surface area contributed by atoms with E-state index in [4.69, 9.17) is 11.5 Å². The maximum atomic E-state index is 13.4. The highest BCUT2D eigenvalue weighted by molar-refractivity contribution is 7.17. The number of rotatable bonds is 6. The van der Waals surface area contributed by atoms with Gasteiger partial charge in [0.15, 0.2) is 0 Å². The molecule has 2 aliphatic carbocycles. The van der Waals surface area contributed by atoms with Crippen LogP contribution in [0.5, 0.6) is 0 Å². The highest BCUT2D eigenvalue weighted by atomic mass is 32.1. The van der Waals surface area contributed by atoms with Crippen LogP contribution in [0.25, 0.3) is 0 Å². The van der Waals surface area contributed by atoms with Gasteiger partial charge in [0.2, 0.25) is 0 Å². The molecule has 0 unspecified atom stereocenters. The number of nitrogens with one attached hydrogen (secondary N) is 2. The first-order valence-electron chi connectivity index (χ1n) is 13.0.